The first-order chi connectivity index (χ1) is 10.9. The Balaban J connectivity index is 1.86. The van der Waals surface area contributed by atoms with Gasteiger partial charge in [0.15, 0.2) is 0 Å². The summed E-state index contributed by atoms with van der Waals surface area (Å²) >= 11 is 6.04. The average molecular weight is 335 g/mol. The molecule has 0 aliphatic carbocycles. The molecule has 0 bridgehead atoms. The van der Waals surface area contributed by atoms with Gasteiger partial charge >= 0.3 is 0 Å². The molecule has 0 radical (unpaired) electrons. The highest BCUT2D eigenvalue weighted by atomic mass is 35.5. The minimum atomic E-state index is 0.0634. The van der Waals surface area contributed by atoms with E-state index in [9.17, 15) is 4.79 Å². The van der Waals surface area contributed by atoms with Crippen LogP contribution in [0.4, 0.5) is 0 Å². The lowest BCUT2D eigenvalue weighted by molar-refractivity contribution is -0.134. The van der Waals surface area contributed by atoms with Gasteiger partial charge in [0, 0.05) is 42.7 Å². The van der Waals surface area contributed by atoms with Crippen molar-refractivity contribution in [3.8, 4) is 0 Å². The highest BCUT2D eigenvalue weighted by Gasteiger charge is 2.43. The van der Waals surface area contributed by atoms with Crippen LogP contribution >= 0.6 is 11.6 Å². The molecular formula is C19H27ClN2O. The molecule has 2 aliphatic heterocycles. The van der Waals surface area contributed by atoms with Crippen LogP contribution in [0.15, 0.2) is 24.3 Å². The zero-order chi connectivity index (χ0) is 16.6. The van der Waals surface area contributed by atoms with Gasteiger partial charge in [0.2, 0.25) is 5.91 Å². The van der Waals surface area contributed by atoms with Gasteiger partial charge in [0.1, 0.15) is 0 Å². The van der Waals surface area contributed by atoms with Gasteiger partial charge in [-0.25, -0.2) is 0 Å². The fraction of sp³-hybridized carbons (Fsp3) is 0.632. The van der Waals surface area contributed by atoms with E-state index in [4.69, 9.17) is 11.6 Å². The summed E-state index contributed by atoms with van der Waals surface area (Å²) in [6.45, 7) is 10.3. The number of nitrogens with zero attached hydrogens (tertiary/aromatic N) is 2. The minimum absolute atomic E-state index is 0.0634. The van der Waals surface area contributed by atoms with Crippen molar-refractivity contribution < 1.29 is 4.79 Å². The molecule has 1 aromatic rings. The first-order valence-electron chi connectivity index (χ1n) is 8.65. The highest BCUT2D eigenvalue weighted by Crippen LogP contribution is 2.38. The molecule has 3 nitrogen and oxygen atoms in total. The average Bonchev–Trinajstić information content (AvgIpc) is 3.16. The molecule has 2 unspecified atom stereocenters. The number of carbonyl (C=O) groups excluding carboxylic acids is 1. The topological polar surface area (TPSA) is 23.6 Å². The Morgan fingerprint density at radius 1 is 1.09 bits per heavy atom. The fourth-order valence-electron chi connectivity index (χ4n) is 3.82. The van der Waals surface area contributed by atoms with E-state index in [0.717, 1.165) is 44.0 Å². The van der Waals surface area contributed by atoms with Crippen molar-refractivity contribution in [2.45, 2.75) is 45.1 Å². The lowest BCUT2D eigenvalue weighted by Crippen LogP contribution is -2.41. The van der Waals surface area contributed by atoms with E-state index in [1.54, 1.807) is 0 Å². The summed E-state index contributed by atoms with van der Waals surface area (Å²) in [5.74, 6) is 0.669. The number of amides is 1. The molecule has 0 N–H and O–H groups in total. The van der Waals surface area contributed by atoms with Gasteiger partial charge in [-0.05, 0) is 51.3 Å². The first-order valence-corrected chi connectivity index (χ1v) is 9.03. The second-order valence-electron chi connectivity index (χ2n) is 7.87. The third-order valence-corrected chi connectivity index (χ3v) is 5.55. The summed E-state index contributed by atoms with van der Waals surface area (Å²) in [7, 11) is 0. The third-order valence-electron chi connectivity index (χ3n) is 5.30. The molecule has 1 aromatic carbocycles. The largest absolute Gasteiger partial charge is 0.342 e. The molecule has 0 aromatic heterocycles. The van der Waals surface area contributed by atoms with E-state index in [2.05, 4.69) is 42.7 Å². The molecule has 1 amide bonds. The van der Waals surface area contributed by atoms with E-state index >= 15 is 0 Å². The first kappa shape index (κ1) is 16.8. The molecular weight excluding hydrogens is 308 g/mol. The Bertz CT molecular complexity index is 558. The molecule has 4 heteroatoms. The maximum absolute atomic E-state index is 13.0. The number of hydrogen-bond donors (Lipinski definition) is 0. The van der Waals surface area contributed by atoms with E-state index in [-0.39, 0.29) is 17.4 Å². The summed E-state index contributed by atoms with van der Waals surface area (Å²) in [5, 5.41) is 0.752. The Labute approximate surface area is 144 Å². The van der Waals surface area contributed by atoms with E-state index in [1.807, 2.05) is 12.1 Å². The summed E-state index contributed by atoms with van der Waals surface area (Å²) in [6, 6.07) is 8.05. The fourth-order valence-corrected chi connectivity index (χ4v) is 3.95. The van der Waals surface area contributed by atoms with Crippen LogP contribution in [0.3, 0.4) is 0 Å². The number of hydrogen-bond acceptors (Lipinski definition) is 2. The monoisotopic (exact) mass is 334 g/mol. The Morgan fingerprint density at radius 3 is 2.26 bits per heavy atom. The van der Waals surface area contributed by atoms with Crippen molar-refractivity contribution in [2.75, 3.05) is 26.2 Å². The van der Waals surface area contributed by atoms with Crippen LogP contribution in [0.5, 0.6) is 0 Å². The Morgan fingerprint density at radius 2 is 1.70 bits per heavy atom. The van der Waals surface area contributed by atoms with Crippen molar-refractivity contribution in [3.63, 3.8) is 0 Å². The highest BCUT2D eigenvalue weighted by molar-refractivity contribution is 6.30. The molecule has 0 saturated carbocycles. The van der Waals surface area contributed by atoms with Gasteiger partial charge in [-0.1, -0.05) is 23.7 Å². The van der Waals surface area contributed by atoms with Crippen LogP contribution in [-0.4, -0.2) is 47.4 Å². The van der Waals surface area contributed by atoms with Crippen LogP contribution in [0.25, 0.3) is 0 Å². The molecule has 2 heterocycles. The van der Waals surface area contributed by atoms with Crippen LogP contribution in [-0.2, 0) is 4.79 Å². The lowest BCUT2D eigenvalue weighted by Gasteiger charge is -2.32. The molecule has 126 valence electrons. The predicted octanol–water partition coefficient (Wildman–Crippen LogP) is 3.78. The maximum atomic E-state index is 13.0. The van der Waals surface area contributed by atoms with Crippen molar-refractivity contribution in [1.82, 2.24) is 9.80 Å². The number of benzene rings is 1. The van der Waals surface area contributed by atoms with Gasteiger partial charge in [-0.15, -0.1) is 0 Å². The molecule has 3 rings (SSSR count). The summed E-state index contributed by atoms with van der Waals surface area (Å²) in [5.41, 5.74) is 1.32. The number of rotatable bonds is 2. The van der Waals surface area contributed by atoms with Gasteiger partial charge in [0.25, 0.3) is 0 Å². The van der Waals surface area contributed by atoms with Gasteiger partial charge in [0.05, 0.1) is 5.92 Å². The third kappa shape index (κ3) is 3.56. The second kappa shape index (κ2) is 6.45. The standard InChI is InChI=1S/C19H27ClN2O/c1-19(2,3)22-12-16(14-6-8-15(20)9-7-14)17(13-22)18(23)21-10-4-5-11-21/h6-9,16-17H,4-5,10-13H2,1-3H3. The Hall–Kier alpha value is -1.06. The van der Waals surface area contributed by atoms with Crippen molar-refractivity contribution in [1.29, 1.82) is 0 Å². The lowest BCUT2D eigenvalue weighted by atomic mass is 9.88. The zero-order valence-electron chi connectivity index (χ0n) is 14.4. The Kier molecular flexibility index (Phi) is 4.70. The van der Waals surface area contributed by atoms with Crippen LogP contribution in [0, 0.1) is 5.92 Å². The van der Waals surface area contributed by atoms with Crippen molar-refractivity contribution in [2.24, 2.45) is 5.92 Å². The van der Waals surface area contributed by atoms with E-state index < -0.39 is 0 Å². The summed E-state index contributed by atoms with van der Waals surface area (Å²) < 4.78 is 0. The number of halogens is 1. The molecule has 2 saturated heterocycles. The number of likely N-dealkylation sites (tertiary alicyclic amines) is 2. The molecule has 2 atom stereocenters. The summed E-state index contributed by atoms with van der Waals surface area (Å²) in [4.78, 5) is 17.6. The zero-order valence-corrected chi connectivity index (χ0v) is 15.1. The number of carbonyl (C=O) groups is 1. The van der Waals surface area contributed by atoms with Crippen LogP contribution < -0.4 is 0 Å². The predicted molar refractivity (Wildman–Crippen MR) is 94.8 cm³/mol. The quantitative estimate of drug-likeness (QED) is 0.821. The second-order valence-corrected chi connectivity index (χ2v) is 8.31. The van der Waals surface area contributed by atoms with Crippen molar-refractivity contribution >= 4 is 17.5 Å². The smallest absolute Gasteiger partial charge is 0.227 e. The van der Waals surface area contributed by atoms with Gasteiger partial charge in [-0.3, -0.25) is 9.69 Å². The van der Waals surface area contributed by atoms with Crippen LogP contribution in [0.1, 0.15) is 45.1 Å². The SMILES string of the molecule is CC(C)(C)N1CC(C(=O)N2CCCC2)C(c2ccc(Cl)cc2)C1. The molecule has 2 aliphatic rings. The van der Waals surface area contributed by atoms with Crippen molar-refractivity contribution in [3.05, 3.63) is 34.9 Å². The normalized spacial score (nSPS) is 26.0. The van der Waals surface area contributed by atoms with Gasteiger partial charge < -0.3 is 4.90 Å². The van der Waals surface area contributed by atoms with E-state index in [0.29, 0.717) is 5.91 Å². The van der Waals surface area contributed by atoms with Crippen LogP contribution in [0.2, 0.25) is 5.02 Å². The molecule has 2 fully saturated rings. The van der Waals surface area contributed by atoms with E-state index in [1.165, 1.54) is 5.56 Å². The molecule has 23 heavy (non-hydrogen) atoms. The molecule has 0 spiro atoms. The van der Waals surface area contributed by atoms with Gasteiger partial charge in [-0.2, -0.15) is 0 Å². The summed E-state index contributed by atoms with van der Waals surface area (Å²) in [6.07, 6.45) is 2.29. The minimum Gasteiger partial charge on any atom is -0.342 e. The maximum Gasteiger partial charge on any atom is 0.227 e.